The Morgan fingerprint density at radius 2 is 2.03 bits per heavy atom. The Bertz CT molecular complexity index is 950. The third kappa shape index (κ3) is 5.19. The minimum Gasteiger partial charge on any atom is -0.472 e. The summed E-state index contributed by atoms with van der Waals surface area (Å²) in [4.78, 5) is 43.0. The highest BCUT2D eigenvalue weighted by molar-refractivity contribution is 5.90. The summed E-state index contributed by atoms with van der Waals surface area (Å²) < 4.78 is 11.0. The van der Waals surface area contributed by atoms with Gasteiger partial charge in [-0.1, -0.05) is 39.0 Å². The zero-order valence-corrected chi connectivity index (χ0v) is 18.3. The average molecular weight is 428 g/mol. The molecule has 166 valence electrons. The average Bonchev–Trinajstić information content (AvgIpc) is 3.14. The molecular weight excluding hydrogens is 398 g/mol. The van der Waals surface area contributed by atoms with E-state index in [4.69, 9.17) is 9.47 Å². The number of nitrogens with one attached hydrogen (secondary N) is 1. The lowest BCUT2D eigenvalue weighted by Crippen LogP contribution is -2.56. The van der Waals surface area contributed by atoms with Gasteiger partial charge in [-0.2, -0.15) is 0 Å². The van der Waals surface area contributed by atoms with Crippen LogP contribution in [0.15, 0.2) is 36.5 Å². The third-order valence-electron chi connectivity index (χ3n) is 5.35. The molecule has 0 saturated carbocycles. The van der Waals surface area contributed by atoms with E-state index < -0.39 is 17.5 Å². The molecule has 2 amide bonds. The van der Waals surface area contributed by atoms with Crippen molar-refractivity contribution in [2.45, 2.75) is 45.4 Å². The summed E-state index contributed by atoms with van der Waals surface area (Å²) in [6.45, 7) is 5.68. The van der Waals surface area contributed by atoms with E-state index in [1.165, 1.54) is 12.0 Å². The first-order valence-electron chi connectivity index (χ1n) is 10.3. The number of hydrogen-bond donors (Lipinski definition) is 1. The maximum Gasteiger partial charge on any atom is 0.246 e. The molecule has 31 heavy (non-hydrogen) atoms. The fourth-order valence-electron chi connectivity index (χ4n) is 3.79. The molecule has 1 aromatic carbocycles. The third-order valence-corrected chi connectivity index (χ3v) is 5.35. The molecule has 2 aromatic rings. The number of hydrogen-bond acceptors (Lipinski definition) is 6. The monoisotopic (exact) mass is 427 g/mol. The number of benzene rings is 1. The van der Waals surface area contributed by atoms with E-state index in [0.29, 0.717) is 12.3 Å². The van der Waals surface area contributed by atoms with Crippen LogP contribution in [0.25, 0.3) is 10.8 Å². The molecule has 1 aliphatic rings. The van der Waals surface area contributed by atoms with Crippen molar-refractivity contribution < 1.29 is 23.9 Å². The van der Waals surface area contributed by atoms with Crippen LogP contribution in [0.4, 0.5) is 0 Å². The number of carbonyl (C=O) groups is 3. The molecule has 1 aliphatic heterocycles. The van der Waals surface area contributed by atoms with Gasteiger partial charge in [-0.3, -0.25) is 9.59 Å². The van der Waals surface area contributed by atoms with Crippen LogP contribution in [-0.2, 0) is 19.1 Å². The fraction of sp³-hybridized carbons (Fsp3) is 0.478. The van der Waals surface area contributed by atoms with E-state index in [-0.39, 0.29) is 31.1 Å². The molecule has 8 nitrogen and oxygen atoms in total. The highest BCUT2D eigenvalue weighted by atomic mass is 16.5. The standard InChI is InChI=1S/C23H29N3O5/c1-23(2,3)20(25-19(28)14-30-4)22(29)26-12-17(11-16(26)13-27)31-21-18-8-6-5-7-15(18)9-10-24-21/h5-10,13,16-17,20H,11-12,14H2,1-4H3,(H,25,28)/t16-,17+,20+/m0/s1. The van der Waals surface area contributed by atoms with Gasteiger partial charge in [-0.05, 0) is 22.9 Å². The van der Waals surface area contributed by atoms with Crippen molar-refractivity contribution in [1.29, 1.82) is 0 Å². The van der Waals surface area contributed by atoms with Crippen LogP contribution < -0.4 is 10.1 Å². The molecule has 2 heterocycles. The van der Waals surface area contributed by atoms with Crippen LogP contribution in [0.1, 0.15) is 27.2 Å². The zero-order chi connectivity index (χ0) is 22.6. The van der Waals surface area contributed by atoms with Gasteiger partial charge >= 0.3 is 0 Å². The number of aldehydes is 1. The Labute approximate surface area is 181 Å². The van der Waals surface area contributed by atoms with Crippen LogP contribution in [0, 0.1) is 5.41 Å². The Balaban J connectivity index is 1.78. The summed E-state index contributed by atoms with van der Waals surface area (Å²) >= 11 is 0. The van der Waals surface area contributed by atoms with Crippen LogP contribution >= 0.6 is 0 Å². The fourth-order valence-corrected chi connectivity index (χ4v) is 3.79. The molecular formula is C23H29N3O5. The molecule has 3 atom stereocenters. The lowest BCUT2D eigenvalue weighted by atomic mass is 9.85. The number of ether oxygens (including phenoxy) is 2. The molecule has 0 spiro atoms. The molecule has 0 unspecified atom stereocenters. The quantitative estimate of drug-likeness (QED) is 0.679. The van der Waals surface area contributed by atoms with Gasteiger partial charge in [0.1, 0.15) is 25.0 Å². The SMILES string of the molecule is COCC(=O)N[C@H](C(=O)N1C[C@H](Oc2nccc3ccccc23)C[C@H]1C=O)C(C)(C)C. The predicted molar refractivity (Wildman–Crippen MR) is 116 cm³/mol. The number of pyridine rings is 1. The highest BCUT2D eigenvalue weighted by Crippen LogP contribution is 2.29. The molecule has 1 aromatic heterocycles. The maximum absolute atomic E-state index is 13.4. The second-order valence-electron chi connectivity index (χ2n) is 8.81. The number of aromatic nitrogens is 1. The van der Waals surface area contributed by atoms with Crippen LogP contribution in [0.5, 0.6) is 5.88 Å². The molecule has 1 saturated heterocycles. The van der Waals surface area contributed by atoms with Crippen LogP contribution in [-0.4, -0.2) is 66.4 Å². The molecule has 1 fully saturated rings. The van der Waals surface area contributed by atoms with E-state index >= 15 is 0 Å². The Morgan fingerprint density at radius 1 is 1.29 bits per heavy atom. The van der Waals surface area contributed by atoms with E-state index in [9.17, 15) is 14.4 Å². The van der Waals surface area contributed by atoms with Gasteiger partial charge < -0.3 is 24.5 Å². The lowest BCUT2D eigenvalue weighted by molar-refractivity contribution is -0.142. The number of carbonyl (C=O) groups excluding carboxylic acids is 3. The Morgan fingerprint density at radius 3 is 2.71 bits per heavy atom. The number of amides is 2. The van der Waals surface area contributed by atoms with Crippen molar-refractivity contribution in [3.8, 4) is 5.88 Å². The van der Waals surface area contributed by atoms with Crippen molar-refractivity contribution in [2.24, 2.45) is 5.41 Å². The predicted octanol–water partition coefficient (Wildman–Crippen LogP) is 1.96. The van der Waals surface area contributed by atoms with E-state index in [1.54, 1.807) is 6.20 Å². The van der Waals surface area contributed by atoms with Crippen molar-refractivity contribution in [3.63, 3.8) is 0 Å². The lowest BCUT2D eigenvalue weighted by Gasteiger charge is -2.34. The number of methoxy groups -OCH3 is 1. The number of rotatable bonds is 7. The van der Waals surface area contributed by atoms with Crippen LogP contribution in [0.2, 0.25) is 0 Å². The summed E-state index contributed by atoms with van der Waals surface area (Å²) in [5.41, 5.74) is -0.552. The Hall–Kier alpha value is -3.00. The van der Waals surface area contributed by atoms with Crippen molar-refractivity contribution >= 4 is 28.9 Å². The molecule has 3 rings (SSSR count). The van der Waals surface area contributed by atoms with E-state index in [0.717, 1.165) is 17.1 Å². The second kappa shape index (κ2) is 9.43. The second-order valence-corrected chi connectivity index (χ2v) is 8.81. The van der Waals surface area contributed by atoms with E-state index in [1.807, 2.05) is 51.1 Å². The van der Waals surface area contributed by atoms with E-state index in [2.05, 4.69) is 10.3 Å². The van der Waals surface area contributed by atoms with Gasteiger partial charge in [-0.15, -0.1) is 0 Å². The first-order valence-corrected chi connectivity index (χ1v) is 10.3. The van der Waals surface area contributed by atoms with Gasteiger partial charge in [-0.25, -0.2) is 4.98 Å². The molecule has 1 N–H and O–H groups in total. The summed E-state index contributed by atoms with van der Waals surface area (Å²) in [7, 11) is 1.42. The minimum atomic E-state index is -0.799. The van der Waals surface area contributed by atoms with Crippen molar-refractivity contribution in [3.05, 3.63) is 36.5 Å². The number of fused-ring (bicyclic) bond motifs is 1. The number of nitrogens with zero attached hydrogens (tertiary/aromatic N) is 2. The molecule has 0 radical (unpaired) electrons. The first kappa shape index (κ1) is 22.7. The summed E-state index contributed by atoms with van der Waals surface area (Å²) in [5, 5.41) is 4.61. The summed E-state index contributed by atoms with van der Waals surface area (Å²) in [6.07, 6.45) is 2.42. The summed E-state index contributed by atoms with van der Waals surface area (Å²) in [6, 6.07) is 8.22. The molecule has 0 bridgehead atoms. The smallest absolute Gasteiger partial charge is 0.246 e. The minimum absolute atomic E-state index is 0.143. The zero-order valence-electron chi connectivity index (χ0n) is 18.3. The van der Waals surface area contributed by atoms with Gasteiger partial charge in [0.25, 0.3) is 0 Å². The largest absolute Gasteiger partial charge is 0.472 e. The Kier molecular flexibility index (Phi) is 6.90. The summed E-state index contributed by atoms with van der Waals surface area (Å²) in [5.74, 6) is -0.223. The molecule has 8 heteroatoms. The van der Waals surface area contributed by atoms with Gasteiger partial charge in [0.2, 0.25) is 17.7 Å². The highest BCUT2D eigenvalue weighted by Gasteiger charge is 2.43. The first-order chi connectivity index (χ1) is 14.7. The van der Waals surface area contributed by atoms with Gasteiger partial charge in [0.15, 0.2) is 0 Å². The topological polar surface area (TPSA) is 97.8 Å². The normalized spacial score (nSPS) is 19.8. The molecule has 0 aliphatic carbocycles. The maximum atomic E-state index is 13.4. The number of likely N-dealkylation sites (tertiary alicyclic amines) is 1. The van der Waals surface area contributed by atoms with Gasteiger partial charge in [0, 0.05) is 25.1 Å². The van der Waals surface area contributed by atoms with Crippen molar-refractivity contribution in [1.82, 2.24) is 15.2 Å². The van der Waals surface area contributed by atoms with Crippen LogP contribution in [0.3, 0.4) is 0 Å². The van der Waals surface area contributed by atoms with Gasteiger partial charge in [0.05, 0.1) is 12.6 Å². The van der Waals surface area contributed by atoms with Crippen molar-refractivity contribution in [2.75, 3.05) is 20.3 Å².